The highest BCUT2D eigenvalue weighted by molar-refractivity contribution is 7.98. The van der Waals surface area contributed by atoms with Crippen molar-refractivity contribution in [3.8, 4) is 0 Å². The Morgan fingerprint density at radius 1 is 1.33 bits per heavy atom. The molecule has 0 unspecified atom stereocenters. The number of fused-ring (bicyclic) bond motifs is 1. The van der Waals surface area contributed by atoms with Gasteiger partial charge in [-0.2, -0.15) is 5.10 Å². The summed E-state index contributed by atoms with van der Waals surface area (Å²) in [6.07, 6.45) is 3.12. The van der Waals surface area contributed by atoms with Crippen LogP contribution in [0.15, 0.2) is 47.9 Å². The first-order chi connectivity index (χ1) is 10.2. The maximum Gasteiger partial charge on any atom is 0.222 e. The van der Waals surface area contributed by atoms with E-state index in [0.717, 1.165) is 10.8 Å². The first-order valence-electron chi connectivity index (χ1n) is 6.37. The molecule has 3 rings (SSSR count). The number of carbonyl (C=O) groups is 1. The van der Waals surface area contributed by atoms with Gasteiger partial charge in [0.2, 0.25) is 5.91 Å². The second-order valence-electron chi connectivity index (χ2n) is 4.41. The van der Waals surface area contributed by atoms with Gasteiger partial charge in [-0.3, -0.25) is 4.79 Å². The molecule has 2 heterocycles. The molecule has 6 nitrogen and oxygen atoms in total. The molecule has 3 aromatic rings. The molecule has 7 heteroatoms. The van der Waals surface area contributed by atoms with Crippen LogP contribution < -0.4 is 5.32 Å². The fourth-order valence-corrected chi connectivity index (χ4v) is 2.80. The molecule has 1 aromatic carbocycles. The molecule has 0 atom stereocenters. The molecule has 0 bridgehead atoms. The van der Waals surface area contributed by atoms with Gasteiger partial charge in [0.15, 0.2) is 11.5 Å². The third-order valence-electron chi connectivity index (χ3n) is 2.75. The minimum Gasteiger partial charge on any atom is -0.310 e. The van der Waals surface area contributed by atoms with Gasteiger partial charge in [0, 0.05) is 12.7 Å². The minimum atomic E-state index is -0.166. The fraction of sp³-hybridized carbons (Fsp3) is 0.143. The zero-order valence-electron chi connectivity index (χ0n) is 11.4. The Labute approximate surface area is 125 Å². The average Bonchev–Trinajstić information content (AvgIpc) is 2.93. The summed E-state index contributed by atoms with van der Waals surface area (Å²) in [5, 5.41) is 7.52. The van der Waals surface area contributed by atoms with Crippen LogP contribution in [0.4, 0.5) is 5.82 Å². The van der Waals surface area contributed by atoms with E-state index in [-0.39, 0.29) is 5.91 Å². The topological polar surface area (TPSA) is 72.2 Å². The summed E-state index contributed by atoms with van der Waals surface area (Å²) in [4.78, 5) is 19.8. The number of amides is 1. The second-order valence-corrected chi connectivity index (χ2v) is 5.38. The summed E-state index contributed by atoms with van der Waals surface area (Å²) in [5.41, 5.74) is 1.89. The molecule has 0 radical (unpaired) electrons. The SMILES string of the molecule is CC(=O)Nc1cn2ncnc2c(SCc2ccccc2)n1. The molecular weight excluding hydrogens is 286 g/mol. The zero-order valence-corrected chi connectivity index (χ0v) is 12.2. The van der Waals surface area contributed by atoms with Gasteiger partial charge >= 0.3 is 0 Å². The van der Waals surface area contributed by atoms with E-state index < -0.39 is 0 Å². The lowest BCUT2D eigenvalue weighted by molar-refractivity contribution is -0.114. The van der Waals surface area contributed by atoms with Crippen molar-refractivity contribution in [3.63, 3.8) is 0 Å². The van der Waals surface area contributed by atoms with Crippen LogP contribution in [0.25, 0.3) is 5.65 Å². The highest BCUT2D eigenvalue weighted by Gasteiger charge is 2.10. The third-order valence-corrected chi connectivity index (χ3v) is 3.78. The number of nitrogens with one attached hydrogen (secondary N) is 1. The number of carbonyl (C=O) groups excluding carboxylic acids is 1. The van der Waals surface area contributed by atoms with Crippen LogP contribution in [-0.2, 0) is 10.5 Å². The number of aromatic nitrogens is 4. The van der Waals surface area contributed by atoms with Crippen molar-refractivity contribution in [1.29, 1.82) is 0 Å². The second kappa shape index (κ2) is 5.92. The Morgan fingerprint density at radius 2 is 2.14 bits per heavy atom. The summed E-state index contributed by atoms with van der Waals surface area (Å²) in [6, 6.07) is 10.1. The predicted molar refractivity (Wildman–Crippen MR) is 81.1 cm³/mol. The standard InChI is InChI=1S/C14H13N5OS/c1-10(20)17-12-7-19-13(15-9-16-19)14(18-12)21-8-11-5-3-2-4-6-11/h2-7,9H,8H2,1H3,(H,17,20). The van der Waals surface area contributed by atoms with Gasteiger partial charge in [0.05, 0.1) is 6.20 Å². The Bertz CT molecular complexity index is 771. The first-order valence-corrected chi connectivity index (χ1v) is 7.35. The summed E-state index contributed by atoms with van der Waals surface area (Å²) < 4.78 is 1.62. The number of thioether (sulfide) groups is 1. The van der Waals surface area contributed by atoms with Crippen molar-refractivity contribution >= 4 is 29.1 Å². The highest BCUT2D eigenvalue weighted by Crippen LogP contribution is 2.25. The van der Waals surface area contributed by atoms with Crippen LogP contribution >= 0.6 is 11.8 Å². The van der Waals surface area contributed by atoms with E-state index in [2.05, 4.69) is 32.5 Å². The first kappa shape index (κ1) is 13.6. The minimum absolute atomic E-state index is 0.166. The van der Waals surface area contributed by atoms with Crippen LogP contribution in [0.1, 0.15) is 12.5 Å². The van der Waals surface area contributed by atoms with Crippen molar-refractivity contribution in [1.82, 2.24) is 19.6 Å². The fourth-order valence-electron chi connectivity index (χ4n) is 1.87. The molecule has 21 heavy (non-hydrogen) atoms. The number of nitrogens with zero attached hydrogens (tertiary/aromatic N) is 4. The van der Waals surface area contributed by atoms with Crippen molar-refractivity contribution in [3.05, 3.63) is 48.4 Å². The summed E-state index contributed by atoms with van der Waals surface area (Å²) in [6.45, 7) is 1.45. The zero-order chi connectivity index (χ0) is 14.7. The monoisotopic (exact) mass is 299 g/mol. The smallest absolute Gasteiger partial charge is 0.222 e. The van der Waals surface area contributed by atoms with Crippen LogP contribution in [0.3, 0.4) is 0 Å². The lowest BCUT2D eigenvalue weighted by Gasteiger charge is -2.06. The van der Waals surface area contributed by atoms with E-state index in [4.69, 9.17) is 0 Å². The maximum atomic E-state index is 11.2. The molecule has 0 aliphatic carbocycles. The molecule has 0 saturated carbocycles. The summed E-state index contributed by atoms with van der Waals surface area (Å²) >= 11 is 1.56. The van der Waals surface area contributed by atoms with E-state index in [0.29, 0.717) is 11.5 Å². The van der Waals surface area contributed by atoms with Gasteiger partial charge < -0.3 is 5.32 Å². The number of hydrogen-bond acceptors (Lipinski definition) is 5. The van der Waals surface area contributed by atoms with E-state index >= 15 is 0 Å². The van der Waals surface area contributed by atoms with Gasteiger partial charge in [-0.25, -0.2) is 14.5 Å². The van der Waals surface area contributed by atoms with E-state index in [1.807, 2.05) is 18.2 Å². The molecule has 0 saturated heterocycles. The van der Waals surface area contributed by atoms with Gasteiger partial charge in [-0.15, -0.1) is 0 Å². The van der Waals surface area contributed by atoms with Crippen LogP contribution in [0.2, 0.25) is 0 Å². The largest absolute Gasteiger partial charge is 0.310 e. The Morgan fingerprint density at radius 3 is 2.90 bits per heavy atom. The van der Waals surface area contributed by atoms with Gasteiger partial charge in [-0.05, 0) is 5.56 Å². The molecule has 2 aromatic heterocycles. The number of benzene rings is 1. The van der Waals surface area contributed by atoms with Gasteiger partial charge in [-0.1, -0.05) is 42.1 Å². The van der Waals surface area contributed by atoms with E-state index in [1.54, 1.807) is 22.5 Å². The summed E-state index contributed by atoms with van der Waals surface area (Å²) in [5.74, 6) is 1.08. The van der Waals surface area contributed by atoms with Crippen molar-refractivity contribution in [2.45, 2.75) is 17.7 Å². The number of anilines is 1. The van der Waals surface area contributed by atoms with Crippen LogP contribution in [0.5, 0.6) is 0 Å². The van der Waals surface area contributed by atoms with Gasteiger partial charge in [0.1, 0.15) is 11.4 Å². The number of hydrogen-bond donors (Lipinski definition) is 1. The van der Waals surface area contributed by atoms with E-state index in [9.17, 15) is 4.79 Å². The van der Waals surface area contributed by atoms with Crippen LogP contribution in [0, 0.1) is 0 Å². The van der Waals surface area contributed by atoms with E-state index in [1.165, 1.54) is 18.8 Å². The lowest BCUT2D eigenvalue weighted by Crippen LogP contribution is -2.09. The molecule has 106 valence electrons. The molecule has 0 spiro atoms. The van der Waals surface area contributed by atoms with Crippen molar-refractivity contribution in [2.75, 3.05) is 5.32 Å². The Hall–Kier alpha value is -2.41. The van der Waals surface area contributed by atoms with Crippen LogP contribution in [-0.4, -0.2) is 25.5 Å². The Balaban J connectivity index is 1.89. The third kappa shape index (κ3) is 3.19. The quantitative estimate of drug-likeness (QED) is 0.749. The molecule has 1 amide bonds. The normalized spacial score (nSPS) is 10.7. The lowest BCUT2D eigenvalue weighted by atomic mass is 10.2. The molecule has 0 aliphatic heterocycles. The molecular formula is C14H13N5OS. The molecule has 0 fully saturated rings. The maximum absolute atomic E-state index is 11.2. The highest BCUT2D eigenvalue weighted by atomic mass is 32.2. The van der Waals surface area contributed by atoms with Gasteiger partial charge in [0.25, 0.3) is 0 Å². The molecule has 0 aliphatic rings. The predicted octanol–water partition coefficient (Wildman–Crippen LogP) is 2.38. The number of rotatable bonds is 4. The van der Waals surface area contributed by atoms with Crippen molar-refractivity contribution in [2.24, 2.45) is 0 Å². The van der Waals surface area contributed by atoms with Crippen molar-refractivity contribution < 1.29 is 4.79 Å². The molecule has 1 N–H and O–H groups in total. The summed E-state index contributed by atoms with van der Waals surface area (Å²) in [7, 11) is 0. The average molecular weight is 299 g/mol. The Kier molecular flexibility index (Phi) is 3.83.